The Hall–Kier alpha value is -1.46. The van der Waals surface area contributed by atoms with Gasteiger partial charge in [-0.25, -0.2) is 4.89 Å². The van der Waals surface area contributed by atoms with Crippen LogP contribution in [0.2, 0.25) is 0 Å². The van der Waals surface area contributed by atoms with Crippen molar-refractivity contribution in [2.45, 2.75) is 46.6 Å². The molecule has 0 aromatic carbocycles. The Balaban J connectivity index is 2.44. The van der Waals surface area contributed by atoms with Crippen molar-refractivity contribution in [2.75, 3.05) is 13.1 Å². The van der Waals surface area contributed by atoms with Crippen LogP contribution in [-0.4, -0.2) is 35.6 Å². The standard InChI is InChI=1S/C16H24N2O3/c1-10-11(8-13-17-6-7-18-13)16(5,21-20)9-12(14(10)19)15(2,3)4/h9,20H,6-8H2,1-5H3,(H,17,18). The Bertz CT molecular complexity index is 552. The summed E-state index contributed by atoms with van der Waals surface area (Å²) in [6.45, 7) is 11.1. The zero-order chi connectivity index (χ0) is 15.8. The first kappa shape index (κ1) is 15.9. The molecule has 0 bridgehead atoms. The van der Waals surface area contributed by atoms with Crippen molar-refractivity contribution < 1.29 is 14.9 Å². The van der Waals surface area contributed by atoms with Crippen LogP contribution in [0.1, 0.15) is 41.0 Å². The fourth-order valence-electron chi connectivity index (χ4n) is 2.82. The Morgan fingerprint density at radius 1 is 1.48 bits per heavy atom. The number of hydrogen-bond acceptors (Lipinski definition) is 5. The Morgan fingerprint density at radius 3 is 2.62 bits per heavy atom. The molecule has 1 atom stereocenters. The van der Waals surface area contributed by atoms with Gasteiger partial charge in [-0.1, -0.05) is 20.8 Å². The fourth-order valence-corrected chi connectivity index (χ4v) is 2.82. The van der Waals surface area contributed by atoms with E-state index < -0.39 is 5.60 Å². The molecule has 0 fully saturated rings. The average Bonchev–Trinajstić information content (AvgIpc) is 2.91. The van der Waals surface area contributed by atoms with Crippen LogP contribution >= 0.6 is 0 Å². The van der Waals surface area contributed by atoms with E-state index in [1.807, 2.05) is 20.8 Å². The number of hydrogen-bond donors (Lipinski definition) is 2. The van der Waals surface area contributed by atoms with Crippen molar-refractivity contribution >= 4 is 11.6 Å². The lowest BCUT2D eigenvalue weighted by molar-refractivity contribution is -0.291. The summed E-state index contributed by atoms with van der Waals surface area (Å²) < 4.78 is 0. The van der Waals surface area contributed by atoms with E-state index in [2.05, 4.69) is 10.3 Å². The molecule has 5 nitrogen and oxygen atoms in total. The van der Waals surface area contributed by atoms with Crippen LogP contribution in [0.15, 0.2) is 27.8 Å². The van der Waals surface area contributed by atoms with Crippen LogP contribution in [0.3, 0.4) is 0 Å². The van der Waals surface area contributed by atoms with Gasteiger partial charge < -0.3 is 5.32 Å². The topological polar surface area (TPSA) is 70.9 Å². The number of nitrogens with zero attached hydrogens (tertiary/aromatic N) is 1. The highest BCUT2D eigenvalue weighted by Crippen LogP contribution is 2.40. The van der Waals surface area contributed by atoms with E-state index in [1.54, 1.807) is 19.9 Å². The van der Waals surface area contributed by atoms with E-state index in [1.165, 1.54) is 0 Å². The van der Waals surface area contributed by atoms with Gasteiger partial charge in [0.05, 0.1) is 6.54 Å². The maximum atomic E-state index is 12.6. The number of ketones is 1. The molecule has 2 rings (SSSR count). The maximum Gasteiger partial charge on any atom is 0.185 e. The van der Waals surface area contributed by atoms with Gasteiger partial charge in [-0.2, -0.15) is 0 Å². The molecule has 1 aliphatic carbocycles. The normalized spacial score (nSPS) is 26.7. The minimum Gasteiger partial charge on any atom is -0.372 e. The first-order valence-electron chi connectivity index (χ1n) is 7.27. The van der Waals surface area contributed by atoms with Crippen molar-refractivity contribution in [1.29, 1.82) is 0 Å². The van der Waals surface area contributed by atoms with Crippen LogP contribution in [0.5, 0.6) is 0 Å². The summed E-state index contributed by atoms with van der Waals surface area (Å²) in [6, 6.07) is 0. The van der Waals surface area contributed by atoms with E-state index >= 15 is 0 Å². The van der Waals surface area contributed by atoms with Crippen molar-refractivity contribution in [3.8, 4) is 0 Å². The summed E-state index contributed by atoms with van der Waals surface area (Å²) in [4.78, 5) is 21.8. The van der Waals surface area contributed by atoms with Crippen molar-refractivity contribution in [1.82, 2.24) is 5.32 Å². The molecule has 1 aliphatic heterocycles. The van der Waals surface area contributed by atoms with Crippen molar-refractivity contribution in [3.63, 3.8) is 0 Å². The van der Waals surface area contributed by atoms with Gasteiger partial charge in [-0.3, -0.25) is 15.0 Å². The summed E-state index contributed by atoms with van der Waals surface area (Å²) in [5, 5.41) is 12.6. The van der Waals surface area contributed by atoms with E-state index in [-0.39, 0.29) is 11.2 Å². The number of rotatable bonds is 3. The number of aliphatic imine (C=N–C) groups is 1. The number of amidine groups is 1. The highest BCUT2D eigenvalue weighted by Gasteiger charge is 2.41. The molecule has 0 aromatic rings. The third kappa shape index (κ3) is 2.94. The summed E-state index contributed by atoms with van der Waals surface area (Å²) in [5.74, 6) is 0.860. The summed E-state index contributed by atoms with van der Waals surface area (Å²) in [6.07, 6.45) is 2.23. The molecule has 0 saturated heterocycles. The summed E-state index contributed by atoms with van der Waals surface area (Å²) in [7, 11) is 0. The van der Waals surface area contributed by atoms with Crippen LogP contribution in [0, 0.1) is 5.41 Å². The summed E-state index contributed by atoms with van der Waals surface area (Å²) in [5.41, 5.74) is 0.772. The Kier molecular flexibility index (Phi) is 4.08. The molecule has 0 saturated carbocycles. The van der Waals surface area contributed by atoms with Gasteiger partial charge in [0.2, 0.25) is 0 Å². The third-order valence-corrected chi connectivity index (χ3v) is 4.14. The van der Waals surface area contributed by atoms with Gasteiger partial charge in [-0.05, 0) is 36.5 Å². The van der Waals surface area contributed by atoms with Crippen molar-refractivity contribution in [3.05, 3.63) is 22.8 Å². The van der Waals surface area contributed by atoms with E-state index in [0.717, 1.165) is 24.5 Å². The summed E-state index contributed by atoms with van der Waals surface area (Å²) >= 11 is 0. The minimum absolute atomic E-state index is 0.0191. The Morgan fingerprint density at radius 2 is 2.14 bits per heavy atom. The van der Waals surface area contributed by atoms with Gasteiger partial charge in [0.25, 0.3) is 0 Å². The molecule has 0 aromatic heterocycles. The zero-order valence-electron chi connectivity index (χ0n) is 13.4. The number of carbonyl (C=O) groups is 1. The molecule has 116 valence electrons. The first-order valence-corrected chi connectivity index (χ1v) is 7.27. The lowest BCUT2D eigenvalue weighted by atomic mass is 9.72. The second kappa shape index (κ2) is 5.39. The number of allylic oxidation sites excluding steroid dienone is 2. The number of nitrogens with one attached hydrogen (secondary N) is 1. The molecule has 21 heavy (non-hydrogen) atoms. The van der Waals surface area contributed by atoms with Crippen LogP contribution in [-0.2, 0) is 9.68 Å². The smallest absolute Gasteiger partial charge is 0.185 e. The first-order chi connectivity index (χ1) is 9.69. The van der Waals surface area contributed by atoms with Crippen LogP contribution < -0.4 is 5.32 Å². The molecule has 1 unspecified atom stereocenters. The molecule has 0 radical (unpaired) electrons. The second-order valence-electron chi connectivity index (χ2n) is 6.87. The lowest BCUT2D eigenvalue weighted by Crippen LogP contribution is -2.39. The Labute approximate surface area is 125 Å². The highest BCUT2D eigenvalue weighted by atomic mass is 17.1. The monoisotopic (exact) mass is 292 g/mol. The molecule has 2 N–H and O–H groups in total. The minimum atomic E-state index is -0.993. The molecule has 0 spiro atoms. The maximum absolute atomic E-state index is 12.6. The molecule has 2 aliphatic rings. The average molecular weight is 292 g/mol. The van der Waals surface area contributed by atoms with Crippen LogP contribution in [0.25, 0.3) is 0 Å². The van der Waals surface area contributed by atoms with Gasteiger partial charge in [0.1, 0.15) is 11.4 Å². The lowest BCUT2D eigenvalue weighted by Gasteiger charge is -2.36. The molecular formula is C16H24N2O3. The van der Waals surface area contributed by atoms with Gasteiger partial charge in [0.15, 0.2) is 5.78 Å². The SMILES string of the molecule is CC1=C(CC2=NCCN2)C(C)(OO)C=C(C(C)(C)C)C1=O. The van der Waals surface area contributed by atoms with Crippen LogP contribution in [0.4, 0.5) is 0 Å². The molecular weight excluding hydrogens is 268 g/mol. The quantitative estimate of drug-likeness (QED) is 0.619. The number of carbonyl (C=O) groups excluding carboxylic acids is 1. The zero-order valence-corrected chi connectivity index (χ0v) is 13.4. The van der Waals surface area contributed by atoms with Gasteiger partial charge >= 0.3 is 0 Å². The molecule has 5 heteroatoms. The second-order valence-corrected chi connectivity index (χ2v) is 6.87. The predicted molar refractivity (Wildman–Crippen MR) is 82.3 cm³/mol. The largest absolute Gasteiger partial charge is 0.372 e. The highest BCUT2D eigenvalue weighted by molar-refractivity contribution is 6.11. The van der Waals surface area contributed by atoms with E-state index in [0.29, 0.717) is 17.6 Å². The van der Waals surface area contributed by atoms with Gasteiger partial charge in [-0.15, -0.1) is 0 Å². The van der Waals surface area contributed by atoms with Gasteiger partial charge in [0, 0.05) is 18.5 Å². The van der Waals surface area contributed by atoms with E-state index in [4.69, 9.17) is 4.89 Å². The van der Waals surface area contributed by atoms with Crippen molar-refractivity contribution in [2.24, 2.45) is 10.4 Å². The predicted octanol–water partition coefficient (Wildman–Crippen LogP) is 2.50. The third-order valence-electron chi connectivity index (χ3n) is 4.14. The molecule has 1 heterocycles. The number of Topliss-reactive ketones (excluding diaryl/α,β-unsaturated/α-hetero) is 1. The molecule has 0 amide bonds. The van der Waals surface area contributed by atoms with E-state index in [9.17, 15) is 10.1 Å². The fraction of sp³-hybridized carbons (Fsp3) is 0.625.